The Kier molecular flexibility index (Phi) is 3.93. The molecule has 2 aromatic rings. The van der Waals surface area contributed by atoms with Gasteiger partial charge in [0.2, 0.25) is 0 Å². The van der Waals surface area contributed by atoms with Crippen LogP contribution in [-0.4, -0.2) is 38.1 Å². The number of aliphatic hydroxyl groups is 1. The molecule has 1 aliphatic rings. The van der Waals surface area contributed by atoms with Gasteiger partial charge in [-0.2, -0.15) is 0 Å². The first kappa shape index (κ1) is 14.4. The van der Waals surface area contributed by atoms with Crippen LogP contribution in [0.4, 0.5) is 4.39 Å². The lowest BCUT2D eigenvalue weighted by molar-refractivity contribution is 0.0895. The molecular weight excluding hydrogens is 295 g/mol. The number of nitrogens with zero attached hydrogens (tertiary/aromatic N) is 4. The minimum absolute atomic E-state index is 0.254. The molecule has 0 saturated carbocycles. The zero-order chi connectivity index (χ0) is 15.0. The van der Waals surface area contributed by atoms with Crippen LogP contribution >= 0.6 is 11.6 Å². The highest BCUT2D eigenvalue weighted by molar-refractivity contribution is 6.31. The summed E-state index contributed by atoms with van der Waals surface area (Å²) in [6.07, 6.45) is 1.17. The molecule has 1 N–H and O–H groups in total. The molecule has 0 amide bonds. The smallest absolute Gasteiger partial charge is 0.124 e. The first-order chi connectivity index (χ1) is 10.0. The first-order valence-corrected chi connectivity index (χ1v) is 7.17. The Labute approximate surface area is 126 Å². The van der Waals surface area contributed by atoms with E-state index in [9.17, 15) is 9.50 Å². The van der Waals surface area contributed by atoms with E-state index in [-0.39, 0.29) is 11.9 Å². The van der Waals surface area contributed by atoms with Gasteiger partial charge < -0.3 is 5.11 Å². The molecule has 0 unspecified atom stereocenters. The van der Waals surface area contributed by atoms with Gasteiger partial charge in [0.05, 0.1) is 18.3 Å². The lowest BCUT2D eigenvalue weighted by atomic mass is 10.1. The van der Waals surface area contributed by atoms with E-state index in [2.05, 4.69) is 15.2 Å². The van der Waals surface area contributed by atoms with Crippen molar-refractivity contribution in [1.82, 2.24) is 19.9 Å². The largest absolute Gasteiger partial charge is 0.387 e. The van der Waals surface area contributed by atoms with E-state index in [1.54, 1.807) is 23.9 Å². The minimum atomic E-state index is -0.604. The van der Waals surface area contributed by atoms with Gasteiger partial charge in [0.15, 0.2) is 0 Å². The molecule has 0 radical (unpaired) electrons. The Morgan fingerprint density at radius 2 is 2.24 bits per heavy atom. The molecule has 1 fully saturated rings. The lowest BCUT2D eigenvalue weighted by Gasteiger charge is -2.39. The fourth-order valence-electron chi connectivity index (χ4n) is 2.39. The van der Waals surface area contributed by atoms with Gasteiger partial charge in [-0.3, -0.25) is 4.90 Å². The van der Waals surface area contributed by atoms with Gasteiger partial charge in [0.1, 0.15) is 11.5 Å². The topological polar surface area (TPSA) is 54.2 Å². The van der Waals surface area contributed by atoms with Crippen LogP contribution in [0.3, 0.4) is 0 Å². The molecule has 1 aliphatic heterocycles. The van der Waals surface area contributed by atoms with Crippen molar-refractivity contribution in [3.05, 3.63) is 46.5 Å². The molecule has 1 aromatic carbocycles. The summed E-state index contributed by atoms with van der Waals surface area (Å²) >= 11 is 6.02. The van der Waals surface area contributed by atoms with Gasteiger partial charge >= 0.3 is 0 Å². The minimum Gasteiger partial charge on any atom is -0.387 e. The second kappa shape index (κ2) is 5.71. The first-order valence-electron chi connectivity index (χ1n) is 6.79. The zero-order valence-corrected chi connectivity index (χ0v) is 12.3. The summed E-state index contributed by atoms with van der Waals surface area (Å²) in [5.41, 5.74) is 1.50. The fraction of sp³-hybridized carbons (Fsp3) is 0.429. The molecule has 0 aliphatic carbocycles. The Morgan fingerprint density at radius 1 is 1.48 bits per heavy atom. The van der Waals surface area contributed by atoms with Crippen molar-refractivity contribution < 1.29 is 9.50 Å². The van der Waals surface area contributed by atoms with Crippen LogP contribution in [0.15, 0.2) is 24.4 Å². The van der Waals surface area contributed by atoms with Crippen LogP contribution in [0.1, 0.15) is 30.3 Å². The highest BCUT2D eigenvalue weighted by atomic mass is 35.5. The summed E-state index contributed by atoms with van der Waals surface area (Å²) in [6, 6.07) is 4.72. The maximum atomic E-state index is 13.0. The van der Waals surface area contributed by atoms with Gasteiger partial charge in [-0.15, -0.1) is 5.10 Å². The molecule has 3 rings (SSSR count). The van der Waals surface area contributed by atoms with Crippen LogP contribution in [-0.2, 0) is 6.54 Å². The summed E-state index contributed by atoms with van der Waals surface area (Å²) in [5.74, 6) is -0.321. The normalized spacial score (nSPS) is 17.7. The maximum Gasteiger partial charge on any atom is 0.124 e. The van der Waals surface area contributed by atoms with Gasteiger partial charge in [-0.1, -0.05) is 22.9 Å². The molecule has 1 saturated heterocycles. The number of benzene rings is 1. The van der Waals surface area contributed by atoms with Crippen molar-refractivity contribution in [3.63, 3.8) is 0 Å². The van der Waals surface area contributed by atoms with Crippen molar-refractivity contribution >= 4 is 11.6 Å². The van der Waals surface area contributed by atoms with E-state index >= 15 is 0 Å². The van der Waals surface area contributed by atoms with E-state index in [1.807, 2.05) is 0 Å². The van der Waals surface area contributed by atoms with Crippen molar-refractivity contribution in [1.29, 1.82) is 0 Å². The van der Waals surface area contributed by atoms with E-state index in [0.29, 0.717) is 17.3 Å². The molecule has 1 aromatic heterocycles. The van der Waals surface area contributed by atoms with Crippen LogP contribution in [0.25, 0.3) is 0 Å². The number of rotatable bonds is 4. The molecule has 0 bridgehead atoms. The average Bonchev–Trinajstić information content (AvgIpc) is 2.84. The van der Waals surface area contributed by atoms with E-state index in [0.717, 1.165) is 18.7 Å². The predicted molar refractivity (Wildman–Crippen MR) is 76.4 cm³/mol. The second-order valence-corrected chi connectivity index (χ2v) is 5.79. The third kappa shape index (κ3) is 3.07. The third-order valence-corrected chi connectivity index (χ3v) is 4.03. The van der Waals surface area contributed by atoms with E-state index < -0.39 is 6.10 Å². The Bertz CT molecular complexity index is 640. The SMILES string of the molecule is C[C@H](O)c1cn(C2CN(Cc3ccc(F)cc3Cl)C2)nn1. The van der Waals surface area contributed by atoms with E-state index in [4.69, 9.17) is 11.6 Å². The molecule has 7 heteroatoms. The summed E-state index contributed by atoms with van der Waals surface area (Å²) in [6.45, 7) is 4.01. The van der Waals surface area contributed by atoms with Gasteiger partial charge in [-0.05, 0) is 24.6 Å². The number of aliphatic hydroxyl groups excluding tert-OH is 1. The lowest BCUT2D eigenvalue weighted by Crippen LogP contribution is -2.47. The van der Waals surface area contributed by atoms with Crippen LogP contribution in [0.5, 0.6) is 0 Å². The number of halogens is 2. The predicted octanol–water partition coefficient (Wildman–Crippen LogP) is 2.18. The van der Waals surface area contributed by atoms with Crippen molar-refractivity contribution in [2.45, 2.75) is 25.6 Å². The number of aromatic nitrogens is 3. The fourth-order valence-corrected chi connectivity index (χ4v) is 2.62. The number of hydrogen-bond acceptors (Lipinski definition) is 4. The van der Waals surface area contributed by atoms with Gasteiger partial charge in [-0.25, -0.2) is 9.07 Å². The summed E-state index contributed by atoms with van der Waals surface area (Å²) in [4.78, 5) is 2.20. The standard InChI is InChI=1S/C14H16ClFN4O/c1-9(21)14-8-20(18-17-14)12-6-19(7-12)5-10-2-3-11(16)4-13(10)15/h2-4,8-9,12,21H,5-7H2,1H3/t9-/m0/s1. The van der Waals surface area contributed by atoms with E-state index in [1.165, 1.54) is 12.1 Å². The molecule has 2 heterocycles. The van der Waals surface area contributed by atoms with Crippen molar-refractivity contribution in [3.8, 4) is 0 Å². The molecule has 21 heavy (non-hydrogen) atoms. The Balaban J connectivity index is 1.58. The number of likely N-dealkylation sites (tertiary alicyclic amines) is 1. The zero-order valence-electron chi connectivity index (χ0n) is 11.6. The maximum absolute atomic E-state index is 13.0. The second-order valence-electron chi connectivity index (χ2n) is 5.38. The third-order valence-electron chi connectivity index (χ3n) is 3.68. The highest BCUT2D eigenvalue weighted by Gasteiger charge is 2.29. The molecule has 0 spiro atoms. The van der Waals surface area contributed by atoms with Crippen LogP contribution in [0, 0.1) is 5.82 Å². The van der Waals surface area contributed by atoms with Gasteiger partial charge in [0.25, 0.3) is 0 Å². The summed E-state index contributed by atoms with van der Waals surface area (Å²) in [5, 5.41) is 17.9. The van der Waals surface area contributed by atoms with Gasteiger partial charge in [0, 0.05) is 24.7 Å². The van der Waals surface area contributed by atoms with Crippen molar-refractivity contribution in [2.24, 2.45) is 0 Å². The van der Waals surface area contributed by atoms with Crippen LogP contribution in [0.2, 0.25) is 5.02 Å². The number of hydrogen-bond donors (Lipinski definition) is 1. The summed E-state index contributed by atoms with van der Waals surface area (Å²) < 4.78 is 14.8. The Morgan fingerprint density at radius 3 is 2.86 bits per heavy atom. The molecule has 1 atom stereocenters. The quantitative estimate of drug-likeness (QED) is 0.940. The highest BCUT2D eigenvalue weighted by Crippen LogP contribution is 2.26. The average molecular weight is 311 g/mol. The monoisotopic (exact) mass is 310 g/mol. The van der Waals surface area contributed by atoms with Crippen LogP contribution < -0.4 is 0 Å². The summed E-state index contributed by atoms with van der Waals surface area (Å²) in [7, 11) is 0. The van der Waals surface area contributed by atoms with Crippen molar-refractivity contribution in [2.75, 3.05) is 13.1 Å². The Hall–Kier alpha value is -1.50. The molecule has 112 valence electrons. The molecular formula is C14H16ClFN4O. The molecule has 5 nitrogen and oxygen atoms in total.